The van der Waals surface area contributed by atoms with E-state index in [4.69, 9.17) is 0 Å². The molecule has 3 N–H and O–H groups in total. The Hall–Kier alpha value is -1.99. The van der Waals surface area contributed by atoms with Gasteiger partial charge in [0.05, 0.1) is 5.56 Å². The Morgan fingerprint density at radius 1 is 1.45 bits per heavy atom. The molecule has 1 aromatic heterocycles. The summed E-state index contributed by atoms with van der Waals surface area (Å²) in [6.45, 7) is 5.41. The number of pyridine rings is 1. The largest absolute Gasteiger partial charge is 0.313 e. The average molecular weight is 276 g/mol. The number of carbonyl (C=O) groups is 2. The number of nitrogens with zero attached hydrogens (tertiary/aromatic N) is 2. The van der Waals surface area contributed by atoms with Crippen molar-refractivity contribution < 1.29 is 14.8 Å². The van der Waals surface area contributed by atoms with Crippen molar-refractivity contribution in [3.8, 4) is 0 Å². The fourth-order valence-corrected chi connectivity index (χ4v) is 2.96. The van der Waals surface area contributed by atoms with E-state index in [1.807, 2.05) is 13.8 Å². The van der Waals surface area contributed by atoms with Crippen LogP contribution in [-0.2, 0) is 10.6 Å². The molecule has 2 atom stereocenters. The zero-order chi connectivity index (χ0) is 14.7. The first-order valence-electron chi connectivity index (χ1n) is 6.43. The first-order chi connectivity index (χ1) is 9.39. The number of fused-ring (bicyclic) bond motifs is 3. The van der Waals surface area contributed by atoms with Crippen LogP contribution >= 0.6 is 0 Å². The van der Waals surface area contributed by atoms with E-state index in [1.165, 1.54) is 11.1 Å². The maximum absolute atomic E-state index is 12.7. The average Bonchev–Trinajstić information content (AvgIpc) is 2.82. The van der Waals surface area contributed by atoms with Gasteiger partial charge in [0, 0.05) is 6.20 Å². The molecule has 2 aliphatic heterocycles. The molecule has 1 fully saturated rings. The van der Waals surface area contributed by atoms with E-state index < -0.39 is 11.3 Å². The third-order valence-electron chi connectivity index (χ3n) is 4.42. The standard InChI is InChI=1S/C13H16N4O3/c1-7(2)12(3)11(19)15-13(16-20)9-8(5-4-6-14-9)10(18)17(12)13/h4-7,16,20H,1-3H3,(H,15,19). The summed E-state index contributed by atoms with van der Waals surface area (Å²) in [5.41, 5.74) is 1.70. The Balaban J connectivity index is 2.28. The molecule has 0 bridgehead atoms. The summed E-state index contributed by atoms with van der Waals surface area (Å²) >= 11 is 0. The molecule has 7 heteroatoms. The highest BCUT2D eigenvalue weighted by molar-refractivity contribution is 6.06. The van der Waals surface area contributed by atoms with Gasteiger partial charge in [-0.3, -0.25) is 19.5 Å². The van der Waals surface area contributed by atoms with Crippen molar-refractivity contribution in [3.63, 3.8) is 0 Å². The van der Waals surface area contributed by atoms with Gasteiger partial charge in [-0.15, -0.1) is 0 Å². The summed E-state index contributed by atoms with van der Waals surface area (Å²) in [5, 5.41) is 12.3. The number of hydroxylamine groups is 1. The smallest absolute Gasteiger partial charge is 0.260 e. The Labute approximate surface area is 115 Å². The summed E-state index contributed by atoms with van der Waals surface area (Å²) in [7, 11) is 0. The van der Waals surface area contributed by atoms with Crippen LogP contribution < -0.4 is 10.8 Å². The lowest BCUT2D eigenvalue weighted by Gasteiger charge is -2.38. The summed E-state index contributed by atoms with van der Waals surface area (Å²) in [6, 6.07) is 3.29. The number of aromatic nitrogens is 1. The summed E-state index contributed by atoms with van der Waals surface area (Å²) in [6.07, 6.45) is 1.52. The van der Waals surface area contributed by atoms with E-state index in [2.05, 4.69) is 15.8 Å². The molecule has 0 radical (unpaired) electrons. The normalized spacial score (nSPS) is 31.6. The third kappa shape index (κ3) is 1.19. The lowest BCUT2D eigenvalue weighted by Crippen LogP contribution is -2.60. The van der Waals surface area contributed by atoms with Crippen molar-refractivity contribution in [3.05, 3.63) is 29.6 Å². The molecule has 106 valence electrons. The summed E-state index contributed by atoms with van der Waals surface area (Å²) < 4.78 is 0. The van der Waals surface area contributed by atoms with E-state index >= 15 is 0 Å². The van der Waals surface area contributed by atoms with Gasteiger partial charge in [-0.25, -0.2) is 0 Å². The SMILES string of the molecule is CC(C)C1(C)C(=O)NC2(NO)c3ncccc3C(=O)N21. The molecule has 1 saturated heterocycles. The van der Waals surface area contributed by atoms with E-state index in [-0.39, 0.29) is 17.7 Å². The molecule has 20 heavy (non-hydrogen) atoms. The Kier molecular flexibility index (Phi) is 2.45. The molecule has 0 aliphatic carbocycles. The highest BCUT2D eigenvalue weighted by atomic mass is 16.5. The molecular weight excluding hydrogens is 260 g/mol. The van der Waals surface area contributed by atoms with E-state index in [0.29, 0.717) is 11.3 Å². The molecular formula is C13H16N4O3. The topological polar surface area (TPSA) is 94.6 Å². The van der Waals surface area contributed by atoms with Gasteiger partial charge in [0.25, 0.3) is 5.91 Å². The minimum Gasteiger partial charge on any atom is -0.313 e. The van der Waals surface area contributed by atoms with Crippen molar-refractivity contribution in [2.45, 2.75) is 32.1 Å². The molecule has 2 unspecified atom stereocenters. The molecule has 3 heterocycles. The second-order valence-corrected chi connectivity index (χ2v) is 5.62. The van der Waals surface area contributed by atoms with Crippen LogP contribution in [0.5, 0.6) is 0 Å². The van der Waals surface area contributed by atoms with Crippen molar-refractivity contribution in [1.82, 2.24) is 20.7 Å². The highest BCUT2D eigenvalue weighted by Crippen LogP contribution is 2.46. The van der Waals surface area contributed by atoms with Gasteiger partial charge in [-0.05, 0) is 25.0 Å². The highest BCUT2D eigenvalue weighted by Gasteiger charge is 2.67. The number of nitrogens with one attached hydrogen (secondary N) is 2. The first kappa shape index (κ1) is 13.0. The lowest BCUT2D eigenvalue weighted by molar-refractivity contribution is -0.127. The van der Waals surface area contributed by atoms with Crippen LogP contribution in [0.25, 0.3) is 0 Å². The van der Waals surface area contributed by atoms with Crippen molar-refractivity contribution >= 4 is 11.8 Å². The number of hydrogen-bond donors (Lipinski definition) is 3. The van der Waals surface area contributed by atoms with E-state index in [0.717, 1.165) is 0 Å². The number of rotatable bonds is 2. The van der Waals surface area contributed by atoms with E-state index in [1.54, 1.807) is 19.1 Å². The van der Waals surface area contributed by atoms with Crippen LogP contribution in [0.15, 0.2) is 18.3 Å². The molecule has 2 amide bonds. The quantitative estimate of drug-likeness (QED) is 0.669. The van der Waals surface area contributed by atoms with Crippen LogP contribution in [0.4, 0.5) is 0 Å². The number of hydrogen-bond acceptors (Lipinski definition) is 5. The maximum Gasteiger partial charge on any atom is 0.260 e. The van der Waals surface area contributed by atoms with Crippen LogP contribution in [0.2, 0.25) is 0 Å². The summed E-state index contributed by atoms with van der Waals surface area (Å²) in [5.74, 6) is -2.26. The van der Waals surface area contributed by atoms with Gasteiger partial charge in [-0.2, -0.15) is 5.48 Å². The van der Waals surface area contributed by atoms with Gasteiger partial charge in [0.2, 0.25) is 11.7 Å². The predicted octanol–water partition coefficient (Wildman–Crippen LogP) is 0.171. The maximum atomic E-state index is 12.7. The van der Waals surface area contributed by atoms with Gasteiger partial charge < -0.3 is 10.5 Å². The second-order valence-electron chi connectivity index (χ2n) is 5.62. The Bertz CT molecular complexity index is 617. The van der Waals surface area contributed by atoms with Gasteiger partial charge in [-0.1, -0.05) is 13.8 Å². The van der Waals surface area contributed by atoms with Gasteiger partial charge in [0.15, 0.2) is 0 Å². The Morgan fingerprint density at radius 3 is 2.75 bits per heavy atom. The first-order valence-corrected chi connectivity index (χ1v) is 6.43. The van der Waals surface area contributed by atoms with Crippen molar-refractivity contribution in [1.29, 1.82) is 0 Å². The fraction of sp³-hybridized carbons (Fsp3) is 0.462. The van der Waals surface area contributed by atoms with E-state index in [9.17, 15) is 14.8 Å². The molecule has 2 aliphatic rings. The minimum absolute atomic E-state index is 0.129. The minimum atomic E-state index is -1.48. The number of carbonyl (C=O) groups excluding carboxylic acids is 2. The molecule has 0 aromatic carbocycles. The van der Waals surface area contributed by atoms with Crippen LogP contribution in [0.3, 0.4) is 0 Å². The van der Waals surface area contributed by atoms with Crippen molar-refractivity contribution in [2.75, 3.05) is 0 Å². The molecule has 7 nitrogen and oxygen atoms in total. The van der Waals surface area contributed by atoms with Crippen LogP contribution in [0.1, 0.15) is 36.8 Å². The zero-order valence-electron chi connectivity index (χ0n) is 11.5. The monoisotopic (exact) mass is 276 g/mol. The Morgan fingerprint density at radius 2 is 2.15 bits per heavy atom. The zero-order valence-corrected chi connectivity index (χ0v) is 11.5. The van der Waals surface area contributed by atoms with Gasteiger partial charge >= 0.3 is 0 Å². The number of amides is 2. The lowest BCUT2D eigenvalue weighted by atomic mass is 9.87. The van der Waals surface area contributed by atoms with Crippen LogP contribution in [0, 0.1) is 5.92 Å². The molecule has 0 saturated carbocycles. The molecule has 1 aromatic rings. The van der Waals surface area contributed by atoms with Crippen molar-refractivity contribution in [2.24, 2.45) is 5.92 Å². The van der Waals surface area contributed by atoms with Crippen LogP contribution in [-0.4, -0.2) is 32.4 Å². The van der Waals surface area contributed by atoms with Gasteiger partial charge in [0.1, 0.15) is 11.2 Å². The predicted molar refractivity (Wildman–Crippen MR) is 68.4 cm³/mol. The molecule has 3 rings (SSSR count). The fourth-order valence-electron chi connectivity index (χ4n) is 2.96. The molecule has 0 spiro atoms. The third-order valence-corrected chi connectivity index (χ3v) is 4.42. The summed E-state index contributed by atoms with van der Waals surface area (Å²) in [4.78, 5) is 30.5. The second kappa shape index (κ2) is 3.77.